The fourth-order valence-electron chi connectivity index (χ4n) is 3.35. The lowest BCUT2D eigenvalue weighted by atomic mass is 10.1. The minimum Gasteiger partial charge on any atom is -0.331 e. The van der Waals surface area contributed by atoms with Crippen LogP contribution in [0.15, 0.2) is 65.8 Å². The predicted molar refractivity (Wildman–Crippen MR) is 139 cm³/mol. The van der Waals surface area contributed by atoms with Gasteiger partial charge in [-0.05, 0) is 66.9 Å². The molecule has 180 valence electrons. The van der Waals surface area contributed by atoms with E-state index in [0.717, 1.165) is 22.4 Å². The first kappa shape index (κ1) is 25.0. The Labute approximate surface area is 216 Å². The summed E-state index contributed by atoms with van der Waals surface area (Å²) in [5, 5.41) is 15.8. The van der Waals surface area contributed by atoms with E-state index in [2.05, 4.69) is 20.8 Å². The van der Waals surface area contributed by atoms with E-state index >= 15 is 0 Å². The molecule has 0 radical (unpaired) electrons. The van der Waals surface area contributed by atoms with Gasteiger partial charge < -0.3 is 10.6 Å². The van der Waals surface area contributed by atoms with Gasteiger partial charge in [0.25, 0.3) is 0 Å². The van der Waals surface area contributed by atoms with E-state index < -0.39 is 0 Å². The number of aryl methyl sites for hydroxylation is 1. The highest BCUT2D eigenvalue weighted by Gasteiger charge is 2.18. The number of thioether (sulfide) groups is 1. The van der Waals surface area contributed by atoms with Crippen LogP contribution in [0.2, 0.25) is 10.0 Å². The van der Waals surface area contributed by atoms with Crippen LogP contribution in [0.5, 0.6) is 0 Å². The molecule has 1 aromatic heterocycles. The van der Waals surface area contributed by atoms with Crippen LogP contribution in [0.1, 0.15) is 22.5 Å². The topological polar surface area (TPSA) is 71.8 Å². The Morgan fingerprint density at radius 2 is 1.83 bits per heavy atom. The molecule has 0 aliphatic carbocycles. The molecule has 3 aromatic carbocycles. The first-order valence-electron chi connectivity index (χ1n) is 10.7. The molecule has 0 unspecified atom stereocenters. The van der Waals surface area contributed by atoms with Gasteiger partial charge in [0.05, 0.1) is 17.3 Å². The molecule has 1 heterocycles. The average Bonchev–Trinajstić information content (AvgIpc) is 3.24. The van der Waals surface area contributed by atoms with Crippen molar-refractivity contribution in [2.75, 3.05) is 5.32 Å². The van der Waals surface area contributed by atoms with E-state index in [9.17, 15) is 9.18 Å². The summed E-state index contributed by atoms with van der Waals surface area (Å²) in [5.74, 6) is 0.726. The van der Waals surface area contributed by atoms with Crippen molar-refractivity contribution in [1.82, 2.24) is 20.1 Å². The minimum absolute atomic E-state index is 0.101. The van der Waals surface area contributed by atoms with E-state index in [0.29, 0.717) is 32.5 Å². The Kier molecular flexibility index (Phi) is 7.95. The molecule has 6 nitrogen and oxygen atoms in total. The number of urea groups is 1. The van der Waals surface area contributed by atoms with Crippen molar-refractivity contribution in [3.63, 3.8) is 0 Å². The van der Waals surface area contributed by atoms with E-state index in [1.165, 1.54) is 23.9 Å². The lowest BCUT2D eigenvalue weighted by Crippen LogP contribution is -2.29. The van der Waals surface area contributed by atoms with Gasteiger partial charge in [0.1, 0.15) is 5.82 Å². The number of carbonyl (C=O) groups excluding carboxylic acids is 1. The van der Waals surface area contributed by atoms with Crippen LogP contribution in [0, 0.1) is 19.7 Å². The molecule has 0 aliphatic heterocycles. The summed E-state index contributed by atoms with van der Waals surface area (Å²) >= 11 is 14.1. The van der Waals surface area contributed by atoms with Gasteiger partial charge in [-0.25, -0.2) is 9.18 Å². The lowest BCUT2D eigenvalue weighted by molar-refractivity contribution is 0.251. The largest absolute Gasteiger partial charge is 0.331 e. The van der Waals surface area contributed by atoms with Gasteiger partial charge in [-0.1, -0.05) is 59.2 Å². The summed E-state index contributed by atoms with van der Waals surface area (Å²) < 4.78 is 15.0. The summed E-state index contributed by atoms with van der Waals surface area (Å²) in [6.07, 6.45) is 0. The molecule has 0 saturated heterocycles. The van der Waals surface area contributed by atoms with Crippen molar-refractivity contribution in [2.24, 2.45) is 0 Å². The monoisotopic (exact) mass is 529 g/mol. The zero-order valence-corrected chi connectivity index (χ0v) is 21.3. The number of amides is 2. The second-order valence-electron chi connectivity index (χ2n) is 7.80. The van der Waals surface area contributed by atoms with Gasteiger partial charge in [-0.2, -0.15) is 0 Å². The number of nitrogens with zero attached hydrogens (tertiary/aromatic N) is 3. The predicted octanol–water partition coefficient (Wildman–Crippen LogP) is 6.94. The van der Waals surface area contributed by atoms with Crippen molar-refractivity contribution in [3.8, 4) is 5.69 Å². The zero-order chi connectivity index (χ0) is 24.9. The average molecular weight is 530 g/mol. The Bertz CT molecular complexity index is 1360. The molecule has 0 atom stereocenters. The Morgan fingerprint density at radius 3 is 2.60 bits per heavy atom. The van der Waals surface area contributed by atoms with Crippen LogP contribution in [-0.4, -0.2) is 20.8 Å². The maximum atomic E-state index is 13.3. The second-order valence-corrected chi connectivity index (χ2v) is 9.59. The van der Waals surface area contributed by atoms with Crippen molar-refractivity contribution >= 4 is 46.7 Å². The van der Waals surface area contributed by atoms with Crippen LogP contribution in [-0.2, 0) is 12.3 Å². The van der Waals surface area contributed by atoms with Gasteiger partial charge in [0.2, 0.25) is 0 Å². The first-order valence-corrected chi connectivity index (χ1v) is 12.4. The summed E-state index contributed by atoms with van der Waals surface area (Å²) in [6.45, 7) is 4.04. The van der Waals surface area contributed by atoms with Crippen LogP contribution >= 0.6 is 35.0 Å². The fourth-order valence-corrected chi connectivity index (χ4v) is 4.64. The Balaban J connectivity index is 1.56. The first-order chi connectivity index (χ1) is 16.8. The SMILES string of the molecule is Cc1cccc(NC(=O)NCc2nnc(SCc3ccc(F)cc3)n2-c2cc(Cl)ccc2Cl)c1C. The molecule has 35 heavy (non-hydrogen) atoms. The number of nitrogens with one attached hydrogen (secondary N) is 2. The van der Waals surface area contributed by atoms with Crippen molar-refractivity contribution in [3.05, 3.63) is 99.0 Å². The lowest BCUT2D eigenvalue weighted by Gasteiger charge is -2.14. The summed E-state index contributed by atoms with van der Waals surface area (Å²) in [6, 6.07) is 16.7. The molecule has 0 aliphatic rings. The van der Waals surface area contributed by atoms with Crippen LogP contribution in [0.25, 0.3) is 5.69 Å². The minimum atomic E-state index is -0.369. The third kappa shape index (κ3) is 6.14. The maximum Gasteiger partial charge on any atom is 0.319 e. The highest BCUT2D eigenvalue weighted by molar-refractivity contribution is 7.98. The van der Waals surface area contributed by atoms with Gasteiger partial charge in [-0.3, -0.25) is 4.57 Å². The van der Waals surface area contributed by atoms with Crippen LogP contribution in [0.4, 0.5) is 14.9 Å². The number of rotatable bonds is 7. The smallest absolute Gasteiger partial charge is 0.319 e. The molecule has 10 heteroatoms. The third-order valence-electron chi connectivity index (χ3n) is 5.39. The Hall–Kier alpha value is -3.07. The van der Waals surface area contributed by atoms with Gasteiger partial charge in [0.15, 0.2) is 11.0 Å². The van der Waals surface area contributed by atoms with E-state index in [1.54, 1.807) is 34.9 Å². The molecule has 2 amide bonds. The van der Waals surface area contributed by atoms with Gasteiger partial charge >= 0.3 is 6.03 Å². The van der Waals surface area contributed by atoms with Crippen molar-refractivity contribution < 1.29 is 9.18 Å². The van der Waals surface area contributed by atoms with E-state index in [1.807, 2.05) is 32.0 Å². The molecular formula is C25H22Cl2FN5OS. The molecule has 0 spiro atoms. The van der Waals surface area contributed by atoms with Gasteiger partial charge in [0, 0.05) is 16.5 Å². The quantitative estimate of drug-likeness (QED) is 0.254. The number of carbonyl (C=O) groups is 1. The highest BCUT2D eigenvalue weighted by Crippen LogP contribution is 2.31. The van der Waals surface area contributed by atoms with Gasteiger partial charge in [-0.15, -0.1) is 10.2 Å². The molecule has 2 N–H and O–H groups in total. The fraction of sp³-hybridized carbons (Fsp3) is 0.160. The number of aromatic nitrogens is 3. The third-order valence-corrected chi connectivity index (χ3v) is 6.95. The summed E-state index contributed by atoms with van der Waals surface area (Å²) in [5.41, 5.74) is 4.34. The number of anilines is 1. The zero-order valence-electron chi connectivity index (χ0n) is 19.0. The van der Waals surface area contributed by atoms with Crippen LogP contribution in [0.3, 0.4) is 0 Å². The number of hydrogen-bond acceptors (Lipinski definition) is 4. The summed E-state index contributed by atoms with van der Waals surface area (Å²) in [4.78, 5) is 12.6. The maximum absolute atomic E-state index is 13.3. The normalized spacial score (nSPS) is 10.9. The second kappa shape index (κ2) is 11.1. The molecule has 0 saturated carbocycles. The van der Waals surface area contributed by atoms with E-state index in [-0.39, 0.29) is 18.4 Å². The summed E-state index contributed by atoms with van der Waals surface area (Å²) in [7, 11) is 0. The number of benzene rings is 3. The van der Waals surface area contributed by atoms with Crippen LogP contribution < -0.4 is 10.6 Å². The number of hydrogen-bond donors (Lipinski definition) is 2. The molecule has 0 bridgehead atoms. The number of halogens is 3. The molecule has 0 fully saturated rings. The standard InChI is InChI=1S/C25H22Cl2FN5OS/c1-15-4-3-5-21(16(15)2)30-24(34)29-13-23-31-32-25(35-14-17-6-9-19(28)10-7-17)33(23)22-12-18(26)8-11-20(22)27/h3-12H,13-14H2,1-2H3,(H2,29,30,34). The molecule has 4 aromatic rings. The highest BCUT2D eigenvalue weighted by atomic mass is 35.5. The van der Waals surface area contributed by atoms with Crippen molar-refractivity contribution in [2.45, 2.75) is 31.3 Å². The Morgan fingerprint density at radius 1 is 1.06 bits per heavy atom. The molecular weight excluding hydrogens is 508 g/mol. The van der Waals surface area contributed by atoms with E-state index in [4.69, 9.17) is 23.2 Å². The molecule has 4 rings (SSSR count). The van der Waals surface area contributed by atoms with Crippen molar-refractivity contribution in [1.29, 1.82) is 0 Å².